The van der Waals surface area contributed by atoms with Crippen LogP contribution < -0.4 is 0 Å². The van der Waals surface area contributed by atoms with E-state index in [1.807, 2.05) is 35.6 Å². The van der Waals surface area contributed by atoms with Crippen LogP contribution in [0.5, 0.6) is 0 Å². The molecule has 130 valence electrons. The Morgan fingerprint density at radius 3 is 2.71 bits per heavy atom. The fourth-order valence-corrected chi connectivity index (χ4v) is 3.69. The van der Waals surface area contributed by atoms with E-state index in [4.69, 9.17) is 4.42 Å². The first-order chi connectivity index (χ1) is 11.6. The number of rotatable bonds is 5. The molecule has 1 amide bonds. The largest absolute Gasteiger partial charge is 0.461 e. The van der Waals surface area contributed by atoms with Gasteiger partial charge in [-0.15, -0.1) is 10.2 Å². The number of hydrogen-bond acceptors (Lipinski definition) is 6. The predicted molar refractivity (Wildman–Crippen MR) is 92.7 cm³/mol. The smallest absolute Gasteiger partial charge is 0.235 e. The number of carbonyl (C=O) groups excluding carboxylic acids is 1. The minimum absolute atomic E-state index is 0.165. The van der Waals surface area contributed by atoms with Crippen molar-refractivity contribution in [2.24, 2.45) is 7.05 Å². The van der Waals surface area contributed by atoms with Crippen LogP contribution in [0.15, 0.2) is 28.0 Å². The number of thioether (sulfide) groups is 1. The van der Waals surface area contributed by atoms with E-state index >= 15 is 0 Å². The Morgan fingerprint density at radius 1 is 1.33 bits per heavy atom. The summed E-state index contributed by atoms with van der Waals surface area (Å²) in [5.41, 5.74) is 0. The van der Waals surface area contributed by atoms with E-state index < -0.39 is 0 Å². The predicted octanol–water partition coefficient (Wildman–Crippen LogP) is 1.72. The number of hydrogen-bond donors (Lipinski definition) is 0. The zero-order valence-electron chi connectivity index (χ0n) is 14.3. The standard InChI is InChI=1S/C16H23N5O2S/c1-4-20-7-9-21(10-8-20)15(22)12(2)24-16-18-17-14(19(16)3)13-6-5-11-23-13/h5-6,11-12H,4,7-10H2,1-3H3/t12-/m0/s1. The molecule has 0 spiro atoms. The Morgan fingerprint density at radius 2 is 2.08 bits per heavy atom. The summed E-state index contributed by atoms with van der Waals surface area (Å²) in [6.45, 7) is 8.63. The van der Waals surface area contributed by atoms with Gasteiger partial charge in [0.25, 0.3) is 0 Å². The summed E-state index contributed by atoms with van der Waals surface area (Å²) >= 11 is 1.44. The van der Waals surface area contributed by atoms with Gasteiger partial charge in [-0.1, -0.05) is 18.7 Å². The van der Waals surface area contributed by atoms with Gasteiger partial charge < -0.3 is 18.8 Å². The van der Waals surface area contributed by atoms with Crippen LogP contribution in [0.4, 0.5) is 0 Å². The molecule has 0 N–H and O–H groups in total. The molecule has 8 heteroatoms. The molecule has 0 saturated carbocycles. The van der Waals surface area contributed by atoms with Gasteiger partial charge in [0.05, 0.1) is 11.5 Å². The van der Waals surface area contributed by atoms with E-state index in [0.29, 0.717) is 11.6 Å². The first-order valence-electron chi connectivity index (χ1n) is 8.21. The van der Waals surface area contributed by atoms with Crippen LogP contribution in [0, 0.1) is 0 Å². The summed E-state index contributed by atoms with van der Waals surface area (Å²) in [6.07, 6.45) is 1.61. The zero-order chi connectivity index (χ0) is 17.1. The first-order valence-corrected chi connectivity index (χ1v) is 9.09. The first kappa shape index (κ1) is 17.0. The van der Waals surface area contributed by atoms with Gasteiger partial charge >= 0.3 is 0 Å². The minimum atomic E-state index is -0.189. The minimum Gasteiger partial charge on any atom is -0.461 e. The summed E-state index contributed by atoms with van der Waals surface area (Å²) in [4.78, 5) is 17.0. The van der Waals surface area contributed by atoms with Gasteiger partial charge in [0.2, 0.25) is 5.91 Å². The second-order valence-corrected chi connectivity index (χ2v) is 7.17. The van der Waals surface area contributed by atoms with E-state index in [2.05, 4.69) is 22.0 Å². The Balaban J connectivity index is 1.63. The van der Waals surface area contributed by atoms with Gasteiger partial charge in [-0.25, -0.2) is 0 Å². The fourth-order valence-electron chi connectivity index (χ4n) is 2.79. The number of amides is 1. The third kappa shape index (κ3) is 3.49. The highest BCUT2D eigenvalue weighted by atomic mass is 32.2. The van der Waals surface area contributed by atoms with Crippen molar-refractivity contribution in [1.82, 2.24) is 24.6 Å². The van der Waals surface area contributed by atoms with Crippen molar-refractivity contribution >= 4 is 17.7 Å². The fraction of sp³-hybridized carbons (Fsp3) is 0.562. The molecule has 1 saturated heterocycles. The monoisotopic (exact) mass is 349 g/mol. The number of carbonyl (C=O) groups is 1. The zero-order valence-corrected chi connectivity index (χ0v) is 15.1. The molecule has 24 heavy (non-hydrogen) atoms. The molecule has 1 aliphatic heterocycles. The average molecular weight is 349 g/mol. The lowest BCUT2D eigenvalue weighted by atomic mass is 10.3. The quantitative estimate of drug-likeness (QED) is 0.766. The lowest BCUT2D eigenvalue weighted by Gasteiger charge is -2.35. The lowest BCUT2D eigenvalue weighted by molar-refractivity contribution is -0.132. The summed E-state index contributed by atoms with van der Waals surface area (Å²) < 4.78 is 7.23. The molecule has 7 nitrogen and oxygen atoms in total. The van der Waals surface area contributed by atoms with Crippen molar-refractivity contribution in [3.63, 3.8) is 0 Å². The number of likely N-dealkylation sites (N-methyl/N-ethyl adjacent to an activating group) is 1. The highest BCUT2D eigenvalue weighted by Crippen LogP contribution is 2.26. The van der Waals surface area contributed by atoms with E-state index in [0.717, 1.165) is 37.9 Å². The van der Waals surface area contributed by atoms with Crippen LogP contribution in [-0.4, -0.2) is 68.4 Å². The van der Waals surface area contributed by atoms with Crippen LogP contribution in [-0.2, 0) is 11.8 Å². The molecule has 3 rings (SSSR count). The summed E-state index contributed by atoms with van der Waals surface area (Å²) in [7, 11) is 1.89. The highest BCUT2D eigenvalue weighted by molar-refractivity contribution is 8.00. The normalized spacial score (nSPS) is 17.2. The van der Waals surface area contributed by atoms with Gasteiger partial charge in [-0.05, 0) is 25.6 Å². The maximum atomic E-state index is 12.7. The summed E-state index contributed by atoms with van der Waals surface area (Å²) in [5.74, 6) is 1.50. The molecule has 0 aliphatic carbocycles. The Kier molecular flexibility index (Phi) is 5.25. The molecular weight excluding hydrogens is 326 g/mol. The average Bonchev–Trinajstić information content (AvgIpc) is 3.25. The summed E-state index contributed by atoms with van der Waals surface area (Å²) in [6, 6.07) is 3.67. The van der Waals surface area contributed by atoms with Crippen molar-refractivity contribution < 1.29 is 9.21 Å². The molecule has 1 aliphatic rings. The van der Waals surface area contributed by atoms with E-state index in [1.54, 1.807) is 6.26 Å². The molecule has 0 radical (unpaired) electrons. The van der Waals surface area contributed by atoms with Crippen molar-refractivity contribution in [1.29, 1.82) is 0 Å². The SMILES string of the molecule is CCN1CCN(C(=O)[C@H](C)Sc2nnc(-c3ccco3)n2C)CC1. The molecule has 2 aromatic heterocycles. The van der Waals surface area contributed by atoms with Gasteiger partial charge in [0.1, 0.15) is 0 Å². The molecule has 3 heterocycles. The van der Waals surface area contributed by atoms with Crippen molar-refractivity contribution in [3.05, 3.63) is 18.4 Å². The Hall–Kier alpha value is -1.80. The highest BCUT2D eigenvalue weighted by Gasteiger charge is 2.26. The van der Waals surface area contributed by atoms with Crippen LogP contribution in [0.25, 0.3) is 11.6 Å². The number of nitrogens with zero attached hydrogens (tertiary/aromatic N) is 5. The molecule has 2 aromatic rings. The van der Waals surface area contributed by atoms with Crippen LogP contribution >= 0.6 is 11.8 Å². The second-order valence-electron chi connectivity index (χ2n) is 5.86. The number of furan rings is 1. The van der Waals surface area contributed by atoms with E-state index in [9.17, 15) is 4.79 Å². The Bertz CT molecular complexity index is 677. The molecule has 1 atom stereocenters. The van der Waals surface area contributed by atoms with Gasteiger partial charge in [-0.2, -0.15) is 0 Å². The second kappa shape index (κ2) is 7.40. The Labute approximate surface area is 146 Å². The number of aromatic nitrogens is 3. The van der Waals surface area contributed by atoms with Crippen molar-refractivity contribution in [3.8, 4) is 11.6 Å². The number of piperazine rings is 1. The van der Waals surface area contributed by atoms with E-state index in [-0.39, 0.29) is 11.2 Å². The van der Waals surface area contributed by atoms with Gasteiger partial charge in [-0.3, -0.25) is 4.79 Å². The topological polar surface area (TPSA) is 67.4 Å². The lowest BCUT2D eigenvalue weighted by Crippen LogP contribution is -2.50. The van der Waals surface area contributed by atoms with Gasteiger partial charge in [0.15, 0.2) is 16.7 Å². The molecule has 0 bridgehead atoms. The summed E-state index contributed by atoms with van der Waals surface area (Å²) in [5, 5.41) is 8.90. The third-order valence-electron chi connectivity index (χ3n) is 4.34. The molecular formula is C16H23N5O2S. The molecule has 0 unspecified atom stereocenters. The van der Waals surface area contributed by atoms with Gasteiger partial charge in [0, 0.05) is 33.2 Å². The van der Waals surface area contributed by atoms with Crippen molar-refractivity contribution in [2.45, 2.75) is 24.3 Å². The van der Waals surface area contributed by atoms with E-state index in [1.165, 1.54) is 11.8 Å². The maximum absolute atomic E-state index is 12.7. The van der Waals surface area contributed by atoms with Crippen LogP contribution in [0.1, 0.15) is 13.8 Å². The van der Waals surface area contributed by atoms with Crippen molar-refractivity contribution in [2.75, 3.05) is 32.7 Å². The molecule has 1 fully saturated rings. The van der Waals surface area contributed by atoms with Crippen LogP contribution in [0.2, 0.25) is 0 Å². The molecule has 0 aromatic carbocycles. The maximum Gasteiger partial charge on any atom is 0.235 e. The third-order valence-corrected chi connectivity index (χ3v) is 5.46. The van der Waals surface area contributed by atoms with Crippen LogP contribution in [0.3, 0.4) is 0 Å².